The fraction of sp³-hybridized carbons (Fsp3) is 0.440. The van der Waals surface area contributed by atoms with Gasteiger partial charge in [-0.05, 0) is 50.3 Å². The molecule has 0 bridgehead atoms. The van der Waals surface area contributed by atoms with Gasteiger partial charge in [0.1, 0.15) is 5.75 Å². The molecular weight excluding hydrogens is 454 g/mol. The number of rotatable bonds is 4. The Morgan fingerprint density at radius 1 is 1.12 bits per heavy atom. The van der Waals surface area contributed by atoms with Crippen molar-refractivity contribution in [1.29, 1.82) is 0 Å². The van der Waals surface area contributed by atoms with Crippen LogP contribution in [0.1, 0.15) is 48.5 Å². The average molecular weight is 484 g/mol. The van der Waals surface area contributed by atoms with Gasteiger partial charge in [0.05, 0.1) is 40.6 Å². The number of nitrogens with zero attached hydrogens (tertiary/aromatic N) is 3. The summed E-state index contributed by atoms with van der Waals surface area (Å²) < 4.78 is 7.34. The molecule has 3 aromatic rings. The Kier molecular flexibility index (Phi) is 6.27. The number of H-pyrrole nitrogens is 1. The van der Waals surface area contributed by atoms with Gasteiger partial charge in [0.15, 0.2) is 0 Å². The third-order valence-corrected chi connectivity index (χ3v) is 7.52. The summed E-state index contributed by atoms with van der Waals surface area (Å²) >= 11 is 6.24. The van der Waals surface area contributed by atoms with Crippen molar-refractivity contribution >= 4 is 34.2 Å². The van der Waals surface area contributed by atoms with E-state index in [-0.39, 0.29) is 23.8 Å². The minimum absolute atomic E-state index is 0.0166. The van der Waals surface area contributed by atoms with Gasteiger partial charge in [-0.15, -0.1) is 0 Å². The predicted octanol–water partition coefficient (Wildman–Crippen LogP) is 3.86. The molecule has 180 valence electrons. The molecule has 2 saturated heterocycles. The lowest BCUT2D eigenvalue weighted by molar-refractivity contribution is 0.00104. The monoisotopic (exact) mass is 483 g/mol. The average Bonchev–Trinajstić information content (AvgIpc) is 3.20. The maximum Gasteiger partial charge on any atom is 0.326 e. The number of nitrogens with two attached hydrogens (primary N) is 1. The molecule has 1 atom stereocenters. The third-order valence-electron chi connectivity index (χ3n) is 7.19. The number of methoxy groups -OCH3 is 1. The van der Waals surface area contributed by atoms with E-state index in [1.54, 1.807) is 12.1 Å². The molecule has 0 spiro atoms. The number of ether oxygens (including phenoxy) is 1. The highest BCUT2D eigenvalue weighted by atomic mass is 35.5. The van der Waals surface area contributed by atoms with Crippen molar-refractivity contribution in [3.05, 3.63) is 57.5 Å². The van der Waals surface area contributed by atoms with E-state index in [0.717, 1.165) is 56.2 Å². The first kappa shape index (κ1) is 22.8. The first-order valence-corrected chi connectivity index (χ1v) is 12.2. The number of hydrogen-bond donors (Lipinski definition) is 2. The highest BCUT2D eigenvalue weighted by Gasteiger charge is 2.35. The van der Waals surface area contributed by atoms with Gasteiger partial charge in [-0.25, -0.2) is 4.79 Å². The minimum atomic E-state index is -0.0848. The molecule has 0 radical (unpaired) electrons. The van der Waals surface area contributed by atoms with Gasteiger partial charge in [-0.2, -0.15) is 0 Å². The van der Waals surface area contributed by atoms with Crippen LogP contribution in [0.5, 0.6) is 5.75 Å². The first-order chi connectivity index (χ1) is 16.5. The Hall–Kier alpha value is -2.97. The van der Waals surface area contributed by atoms with Gasteiger partial charge >= 0.3 is 5.69 Å². The molecule has 3 N–H and O–H groups in total. The molecule has 1 aromatic heterocycles. The highest BCUT2D eigenvalue weighted by molar-refractivity contribution is 6.33. The van der Waals surface area contributed by atoms with Crippen molar-refractivity contribution in [1.82, 2.24) is 19.4 Å². The molecular formula is C25H30ClN5O3. The molecule has 34 heavy (non-hydrogen) atoms. The number of fused-ring (bicyclic) bond motifs is 1. The fourth-order valence-corrected chi connectivity index (χ4v) is 5.63. The molecule has 1 amide bonds. The second-order valence-corrected chi connectivity index (χ2v) is 9.54. The number of para-hydroxylation sites is 2. The molecule has 5 rings (SSSR count). The van der Waals surface area contributed by atoms with Crippen LogP contribution >= 0.6 is 11.6 Å². The van der Waals surface area contributed by atoms with Crippen LogP contribution in [0.2, 0.25) is 5.02 Å². The minimum Gasteiger partial charge on any atom is -0.496 e. The summed E-state index contributed by atoms with van der Waals surface area (Å²) in [6.07, 6.45) is 4.70. The summed E-state index contributed by atoms with van der Waals surface area (Å²) in [5.41, 5.74) is 8.51. The van der Waals surface area contributed by atoms with Crippen LogP contribution < -0.4 is 16.2 Å². The number of piperidine rings is 2. The zero-order valence-corrected chi connectivity index (χ0v) is 20.1. The van der Waals surface area contributed by atoms with Crippen LogP contribution in [0, 0.1) is 0 Å². The van der Waals surface area contributed by atoms with E-state index in [0.29, 0.717) is 28.6 Å². The van der Waals surface area contributed by atoms with Crippen molar-refractivity contribution in [3.63, 3.8) is 0 Å². The molecule has 9 heteroatoms. The lowest BCUT2D eigenvalue weighted by Crippen LogP contribution is -2.55. The van der Waals surface area contributed by atoms with Crippen molar-refractivity contribution in [3.8, 4) is 5.75 Å². The van der Waals surface area contributed by atoms with Crippen LogP contribution in [0.25, 0.3) is 11.0 Å². The summed E-state index contributed by atoms with van der Waals surface area (Å²) in [6.45, 7) is 2.34. The molecule has 8 nitrogen and oxygen atoms in total. The van der Waals surface area contributed by atoms with Gasteiger partial charge in [-0.3, -0.25) is 14.3 Å². The maximum atomic E-state index is 13.6. The van der Waals surface area contributed by atoms with E-state index in [9.17, 15) is 9.59 Å². The van der Waals surface area contributed by atoms with Gasteiger partial charge in [0, 0.05) is 31.7 Å². The van der Waals surface area contributed by atoms with E-state index < -0.39 is 0 Å². The molecule has 2 aromatic carbocycles. The zero-order chi connectivity index (χ0) is 23.8. The number of hydrogen-bond acceptors (Lipinski definition) is 5. The number of aromatic amines is 1. The van der Waals surface area contributed by atoms with Crippen molar-refractivity contribution < 1.29 is 9.53 Å². The summed E-state index contributed by atoms with van der Waals surface area (Å²) in [6, 6.07) is 11.2. The fourth-order valence-electron chi connectivity index (χ4n) is 5.47. The van der Waals surface area contributed by atoms with Crippen LogP contribution in [0.3, 0.4) is 0 Å². The number of nitrogens with one attached hydrogen (secondary N) is 1. The standard InChI is InChI=1S/C25H30ClN5O3/c1-34-22-15-19(27)18(26)14-17(22)24(32)30-11-5-4-8-23(30)29-12-9-16(10-13-29)31-21-7-3-2-6-20(21)28-25(31)33/h2-3,6-7,14-16,23H,4-5,8-13,27H2,1H3,(H,28,33). The van der Waals surface area contributed by atoms with E-state index >= 15 is 0 Å². The number of aromatic nitrogens is 2. The smallest absolute Gasteiger partial charge is 0.326 e. The highest BCUT2D eigenvalue weighted by Crippen LogP contribution is 2.33. The zero-order valence-electron chi connectivity index (χ0n) is 19.3. The van der Waals surface area contributed by atoms with Crippen LogP contribution in [0.15, 0.2) is 41.2 Å². The lowest BCUT2D eigenvalue weighted by atomic mass is 9.99. The number of carbonyl (C=O) groups is 1. The number of nitrogen functional groups attached to an aromatic ring is 1. The molecule has 0 saturated carbocycles. The van der Waals surface area contributed by atoms with Crippen molar-refractivity contribution in [2.75, 3.05) is 32.5 Å². The first-order valence-electron chi connectivity index (χ1n) is 11.8. The third kappa shape index (κ3) is 4.05. The number of carbonyl (C=O) groups excluding carboxylic acids is 1. The van der Waals surface area contributed by atoms with E-state index in [1.807, 2.05) is 33.7 Å². The molecule has 1 unspecified atom stereocenters. The Labute approximate surface area is 203 Å². The largest absolute Gasteiger partial charge is 0.496 e. The van der Waals surface area contributed by atoms with E-state index in [1.165, 1.54) is 7.11 Å². The SMILES string of the molecule is COc1cc(N)c(Cl)cc1C(=O)N1CCCCC1N1CCC(n2c(=O)[nH]c3ccccc32)CC1. The number of amides is 1. The molecule has 2 aliphatic heterocycles. The van der Waals surface area contributed by atoms with Gasteiger partial charge in [-0.1, -0.05) is 23.7 Å². The second kappa shape index (κ2) is 9.35. The topological polar surface area (TPSA) is 96.6 Å². The van der Waals surface area contributed by atoms with Crippen molar-refractivity contribution in [2.24, 2.45) is 0 Å². The Balaban J connectivity index is 1.35. The lowest BCUT2D eigenvalue weighted by Gasteiger charge is -2.45. The number of halogens is 1. The summed E-state index contributed by atoms with van der Waals surface area (Å²) in [5, 5.41) is 0.350. The van der Waals surface area contributed by atoms with E-state index in [4.69, 9.17) is 22.1 Å². The van der Waals surface area contributed by atoms with Crippen LogP contribution in [0.4, 0.5) is 5.69 Å². The normalized spacial score (nSPS) is 20.1. The number of likely N-dealkylation sites (tertiary alicyclic amines) is 2. The van der Waals surface area contributed by atoms with Crippen LogP contribution in [-0.4, -0.2) is 58.2 Å². The molecule has 3 heterocycles. The molecule has 2 aliphatic rings. The number of imidazole rings is 1. The Morgan fingerprint density at radius 2 is 1.88 bits per heavy atom. The molecule has 2 fully saturated rings. The van der Waals surface area contributed by atoms with Gasteiger partial charge < -0.3 is 20.4 Å². The quantitative estimate of drug-likeness (QED) is 0.549. The summed E-state index contributed by atoms with van der Waals surface area (Å²) in [4.78, 5) is 33.6. The summed E-state index contributed by atoms with van der Waals surface area (Å²) in [7, 11) is 1.53. The summed E-state index contributed by atoms with van der Waals surface area (Å²) in [5.74, 6) is 0.354. The number of benzene rings is 2. The van der Waals surface area contributed by atoms with Gasteiger partial charge in [0.2, 0.25) is 0 Å². The van der Waals surface area contributed by atoms with Gasteiger partial charge in [0.25, 0.3) is 5.91 Å². The number of anilines is 1. The second-order valence-electron chi connectivity index (χ2n) is 9.13. The molecule has 0 aliphatic carbocycles. The Morgan fingerprint density at radius 3 is 2.65 bits per heavy atom. The predicted molar refractivity (Wildman–Crippen MR) is 133 cm³/mol. The van der Waals surface area contributed by atoms with Crippen molar-refractivity contribution in [2.45, 2.75) is 44.3 Å². The Bertz CT molecular complexity index is 1260. The van der Waals surface area contributed by atoms with E-state index in [2.05, 4.69) is 9.88 Å². The van der Waals surface area contributed by atoms with Crippen LogP contribution in [-0.2, 0) is 0 Å². The maximum absolute atomic E-state index is 13.6.